The van der Waals surface area contributed by atoms with Gasteiger partial charge < -0.3 is 10.4 Å². The molecule has 0 spiro atoms. The zero-order valence-corrected chi connectivity index (χ0v) is 10.7. The van der Waals surface area contributed by atoms with E-state index in [1.807, 2.05) is 7.05 Å². The van der Waals surface area contributed by atoms with Crippen molar-refractivity contribution in [1.29, 1.82) is 0 Å². The number of β-amino-alcohol motifs (C(OH)–C–C–N with tert-alkyl or cyclic N) is 1. The van der Waals surface area contributed by atoms with E-state index in [9.17, 15) is 5.11 Å². The lowest BCUT2D eigenvalue weighted by atomic mass is 10.0. The van der Waals surface area contributed by atoms with Crippen LogP contribution in [0, 0.1) is 6.92 Å². The third-order valence-electron chi connectivity index (χ3n) is 3.52. The molecule has 0 radical (unpaired) electrons. The second-order valence-electron chi connectivity index (χ2n) is 4.95. The van der Waals surface area contributed by atoms with Gasteiger partial charge in [0, 0.05) is 25.7 Å². The fourth-order valence-electron chi connectivity index (χ4n) is 2.40. The minimum Gasteiger partial charge on any atom is -0.392 e. The molecule has 1 aliphatic rings. The fraction of sp³-hybridized carbons (Fsp3) is 0.571. The Bertz CT molecular complexity index is 350. The Morgan fingerprint density at radius 2 is 2.12 bits per heavy atom. The molecule has 0 bridgehead atoms. The molecule has 1 fully saturated rings. The first-order chi connectivity index (χ1) is 8.19. The molecule has 2 atom stereocenters. The number of benzene rings is 1. The summed E-state index contributed by atoms with van der Waals surface area (Å²) in [6.07, 6.45) is 0.773. The molecule has 1 unspecified atom stereocenters. The molecular weight excluding hydrogens is 212 g/mol. The van der Waals surface area contributed by atoms with Crippen molar-refractivity contribution in [3.8, 4) is 0 Å². The number of nitrogens with zero attached hydrogens (tertiary/aromatic N) is 1. The summed E-state index contributed by atoms with van der Waals surface area (Å²) in [6.45, 7) is 4.89. The molecule has 3 heteroatoms. The van der Waals surface area contributed by atoms with Crippen LogP contribution >= 0.6 is 0 Å². The van der Waals surface area contributed by atoms with Crippen molar-refractivity contribution in [2.45, 2.75) is 25.5 Å². The maximum atomic E-state index is 9.53. The summed E-state index contributed by atoms with van der Waals surface area (Å²) in [5, 5.41) is 12.9. The molecule has 0 amide bonds. The fourth-order valence-corrected chi connectivity index (χ4v) is 2.40. The van der Waals surface area contributed by atoms with E-state index in [0.29, 0.717) is 6.04 Å². The van der Waals surface area contributed by atoms with E-state index < -0.39 is 0 Å². The van der Waals surface area contributed by atoms with Gasteiger partial charge in [0.1, 0.15) is 0 Å². The first-order valence-electron chi connectivity index (χ1n) is 6.33. The standard InChI is InChI=1S/C14H22N2O/c1-11-3-5-12(6-4-11)14(15-2)10-16-8-7-13(17)9-16/h3-6,13-15,17H,7-10H2,1-2H3/t13?,14-/m1/s1. The first kappa shape index (κ1) is 12.6. The molecule has 0 aliphatic carbocycles. The maximum absolute atomic E-state index is 9.53. The topological polar surface area (TPSA) is 35.5 Å². The van der Waals surface area contributed by atoms with E-state index >= 15 is 0 Å². The van der Waals surface area contributed by atoms with Gasteiger partial charge in [-0.05, 0) is 26.0 Å². The Hall–Kier alpha value is -0.900. The van der Waals surface area contributed by atoms with Crippen molar-refractivity contribution < 1.29 is 5.11 Å². The Balaban J connectivity index is 1.98. The number of rotatable bonds is 4. The minimum absolute atomic E-state index is 0.134. The van der Waals surface area contributed by atoms with Crippen molar-refractivity contribution in [1.82, 2.24) is 10.2 Å². The lowest BCUT2D eigenvalue weighted by Gasteiger charge is -2.23. The van der Waals surface area contributed by atoms with Crippen LogP contribution in [0.4, 0.5) is 0 Å². The van der Waals surface area contributed by atoms with Crippen LogP contribution in [0.15, 0.2) is 24.3 Å². The average Bonchev–Trinajstić information content (AvgIpc) is 2.73. The van der Waals surface area contributed by atoms with Gasteiger partial charge in [0.15, 0.2) is 0 Å². The second kappa shape index (κ2) is 5.63. The van der Waals surface area contributed by atoms with E-state index in [0.717, 1.165) is 26.1 Å². The van der Waals surface area contributed by atoms with Gasteiger partial charge in [0.25, 0.3) is 0 Å². The van der Waals surface area contributed by atoms with E-state index in [1.54, 1.807) is 0 Å². The number of likely N-dealkylation sites (N-methyl/N-ethyl adjacent to an activating group) is 1. The third kappa shape index (κ3) is 3.28. The number of aliphatic hydroxyl groups excluding tert-OH is 1. The van der Waals surface area contributed by atoms with Gasteiger partial charge in [0.2, 0.25) is 0 Å². The Morgan fingerprint density at radius 3 is 2.65 bits per heavy atom. The van der Waals surface area contributed by atoms with Crippen LogP contribution in [0.25, 0.3) is 0 Å². The summed E-state index contributed by atoms with van der Waals surface area (Å²) in [4.78, 5) is 2.33. The van der Waals surface area contributed by atoms with Gasteiger partial charge >= 0.3 is 0 Å². The molecule has 0 aromatic heterocycles. The zero-order chi connectivity index (χ0) is 12.3. The van der Waals surface area contributed by atoms with Crippen LogP contribution in [0.2, 0.25) is 0 Å². The molecule has 2 rings (SSSR count). The maximum Gasteiger partial charge on any atom is 0.0679 e. The average molecular weight is 234 g/mol. The highest BCUT2D eigenvalue weighted by atomic mass is 16.3. The zero-order valence-electron chi connectivity index (χ0n) is 10.7. The molecular formula is C14H22N2O. The minimum atomic E-state index is -0.134. The quantitative estimate of drug-likeness (QED) is 0.825. The molecule has 17 heavy (non-hydrogen) atoms. The number of nitrogens with one attached hydrogen (secondary N) is 1. The lowest BCUT2D eigenvalue weighted by molar-refractivity contribution is 0.173. The second-order valence-corrected chi connectivity index (χ2v) is 4.95. The smallest absolute Gasteiger partial charge is 0.0679 e. The predicted octanol–water partition coefficient (Wildman–Crippen LogP) is 1.32. The number of likely N-dealkylation sites (tertiary alicyclic amines) is 1. The van der Waals surface area contributed by atoms with Crippen molar-refractivity contribution in [2.75, 3.05) is 26.7 Å². The highest BCUT2D eigenvalue weighted by Crippen LogP contribution is 2.18. The van der Waals surface area contributed by atoms with Crippen LogP contribution < -0.4 is 5.32 Å². The molecule has 1 aliphatic heterocycles. The summed E-state index contributed by atoms with van der Waals surface area (Å²) in [6, 6.07) is 9.02. The van der Waals surface area contributed by atoms with E-state index in [2.05, 4.69) is 41.4 Å². The SMILES string of the molecule is CN[C@H](CN1CCC(O)C1)c1ccc(C)cc1. The van der Waals surface area contributed by atoms with E-state index in [4.69, 9.17) is 0 Å². The third-order valence-corrected chi connectivity index (χ3v) is 3.52. The van der Waals surface area contributed by atoms with Crippen LogP contribution in [0.5, 0.6) is 0 Å². The van der Waals surface area contributed by atoms with Crippen molar-refractivity contribution in [2.24, 2.45) is 0 Å². The van der Waals surface area contributed by atoms with Gasteiger partial charge in [0.05, 0.1) is 6.10 Å². The van der Waals surface area contributed by atoms with Gasteiger partial charge in [-0.15, -0.1) is 0 Å². The van der Waals surface area contributed by atoms with Gasteiger partial charge in [-0.2, -0.15) is 0 Å². The van der Waals surface area contributed by atoms with Crippen LogP contribution in [0.3, 0.4) is 0 Å². The van der Waals surface area contributed by atoms with Crippen LogP contribution in [0.1, 0.15) is 23.6 Å². The molecule has 3 nitrogen and oxygen atoms in total. The molecule has 1 aromatic rings. The predicted molar refractivity (Wildman–Crippen MR) is 70.0 cm³/mol. The lowest BCUT2D eigenvalue weighted by Crippen LogP contribution is -2.33. The van der Waals surface area contributed by atoms with Crippen molar-refractivity contribution in [3.63, 3.8) is 0 Å². The summed E-state index contributed by atoms with van der Waals surface area (Å²) in [7, 11) is 2.00. The monoisotopic (exact) mass is 234 g/mol. The number of aliphatic hydroxyl groups is 1. The Morgan fingerprint density at radius 1 is 1.41 bits per heavy atom. The summed E-state index contributed by atoms with van der Waals surface area (Å²) in [5.41, 5.74) is 2.61. The van der Waals surface area contributed by atoms with Crippen LogP contribution in [-0.2, 0) is 0 Å². The number of hydrogen-bond acceptors (Lipinski definition) is 3. The van der Waals surface area contributed by atoms with Crippen molar-refractivity contribution >= 4 is 0 Å². The largest absolute Gasteiger partial charge is 0.392 e. The Labute approximate surface area is 103 Å². The molecule has 1 saturated heterocycles. The number of aryl methyl sites for hydroxylation is 1. The summed E-state index contributed by atoms with van der Waals surface area (Å²) < 4.78 is 0. The molecule has 2 N–H and O–H groups in total. The highest BCUT2D eigenvalue weighted by molar-refractivity contribution is 5.24. The van der Waals surface area contributed by atoms with E-state index in [-0.39, 0.29) is 6.10 Å². The molecule has 0 saturated carbocycles. The molecule has 94 valence electrons. The van der Waals surface area contributed by atoms with E-state index in [1.165, 1.54) is 11.1 Å². The number of hydrogen-bond donors (Lipinski definition) is 2. The molecule has 1 aromatic carbocycles. The van der Waals surface area contributed by atoms with Crippen molar-refractivity contribution in [3.05, 3.63) is 35.4 Å². The first-order valence-corrected chi connectivity index (χ1v) is 6.33. The Kier molecular flexibility index (Phi) is 4.15. The highest BCUT2D eigenvalue weighted by Gasteiger charge is 2.22. The molecule has 1 heterocycles. The summed E-state index contributed by atoms with van der Waals surface area (Å²) >= 11 is 0. The van der Waals surface area contributed by atoms with Gasteiger partial charge in [-0.3, -0.25) is 4.90 Å². The summed E-state index contributed by atoms with van der Waals surface area (Å²) in [5.74, 6) is 0. The normalized spacial score (nSPS) is 22.9. The van der Waals surface area contributed by atoms with Gasteiger partial charge in [-0.1, -0.05) is 29.8 Å². The van der Waals surface area contributed by atoms with Crippen LogP contribution in [-0.4, -0.2) is 42.8 Å². The van der Waals surface area contributed by atoms with Gasteiger partial charge in [-0.25, -0.2) is 0 Å².